The zero-order valence-electron chi connectivity index (χ0n) is 13.8. The van der Waals surface area contributed by atoms with Crippen LogP contribution >= 0.6 is 11.8 Å². The Hall–Kier alpha value is -2.35. The van der Waals surface area contributed by atoms with Crippen LogP contribution in [0, 0.1) is 6.92 Å². The van der Waals surface area contributed by atoms with Gasteiger partial charge >= 0.3 is 6.03 Å². The van der Waals surface area contributed by atoms with E-state index >= 15 is 0 Å². The average molecular weight is 345 g/mol. The minimum atomic E-state index is -0.415. The van der Waals surface area contributed by atoms with Gasteiger partial charge in [-0.3, -0.25) is 9.69 Å². The van der Waals surface area contributed by atoms with Crippen LogP contribution in [0.25, 0.3) is 11.4 Å². The number of hydrogen-bond acceptors (Lipinski definition) is 5. The van der Waals surface area contributed by atoms with Crippen LogP contribution in [0.1, 0.15) is 12.5 Å². The van der Waals surface area contributed by atoms with Crippen LogP contribution in [0.4, 0.5) is 4.79 Å². The van der Waals surface area contributed by atoms with E-state index in [4.69, 9.17) is 0 Å². The molecule has 3 rings (SSSR count). The van der Waals surface area contributed by atoms with Gasteiger partial charge in [0.25, 0.3) is 0 Å². The van der Waals surface area contributed by atoms with Crippen LogP contribution in [-0.2, 0) is 11.8 Å². The molecule has 8 heteroatoms. The molecule has 1 N–H and O–H groups in total. The summed E-state index contributed by atoms with van der Waals surface area (Å²) in [7, 11) is 1.88. The van der Waals surface area contributed by atoms with Gasteiger partial charge in [-0.1, -0.05) is 36.0 Å². The van der Waals surface area contributed by atoms with Crippen LogP contribution < -0.4 is 5.32 Å². The molecule has 0 bridgehead atoms. The Morgan fingerprint density at radius 1 is 1.33 bits per heavy atom. The zero-order chi connectivity index (χ0) is 17.3. The number of nitrogens with zero attached hydrogens (tertiary/aromatic N) is 4. The maximum Gasteiger partial charge on any atom is 0.324 e. The van der Waals surface area contributed by atoms with Gasteiger partial charge in [-0.25, -0.2) is 4.79 Å². The molecule has 1 aliphatic rings. The first-order chi connectivity index (χ1) is 11.5. The largest absolute Gasteiger partial charge is 0.336 e. The number of carbonyl (C=O) groups excluding carboxylic acids is 2. The number of imide groups is 1. The van der Waals surface area contributed by atoms with Gasteiger partial charge in [-0.2, -0.15) is 0 Å². The summed E-state index contributed by atoms with van der Waals surface area (Å²) in [6.07, 6.45) is 0. The Balaban J connectivity index is 1.78. The molecule has 3 amide bonds. The van der Waals surface area contributed by atoms with E-state index in [-0.39, 0.29) is 11.9 Å². The molecule has 0 unspecified atom stereocenters. The van der Waals surface area contributed by atoms with Gasteiger partial charge in [0.15, 0.2) is 11.0 Å². The molecule has 1 fully saturated rings. The van der Waals surface area contributed by atoms with Crippen LogP contribution in [0.2, 0.25) is 0 Å². The van der Waals surface area contributed by atoms with Crippen LogP contribution in [-0.4, -0.2) is 49.9 Å². The molecule has 0 aliphatic carbocycles. The van der Waals surface area contributed by atoms with E-state index < -0.39 is 5.25 Å². The standard InChI is InChI=1S/C16H19N5O2S/c1-10-6-4-5-7-12(10)13-18-19-16(20(13)3)24-11(2)14(22)21-9-8-17-15(21)23/h4-7,11H,8-9H2,1-3H3,(H,17,23)/t11-/m1/s1. The maximum absolute atomic E-state index is 12.4. The third kappa shape index (κ3) is 3.01. The molecule has 126 valence electrons. The lowest BCUT2D eigenvalue weighted by atomic mass is 10.1. The fraction of sp³-hybridized carbons (Fsp3) is 0.375. The summed E-state index contributed by atoms with van der Waals surface area (Å²) >= 11 is 1.31. The van der Waals surface area contributed by atoms with Crippen molar-refractivity contribution in [3.8, 4) is 11.4 Å². The van der Waals surface area contributed by atoms with Gasteiger partial charge in [-0.15, -0.1) is 10.2 Å². The van der Waals surface area contributed by atoms with Crippen molar-refractivity contribution in [1.82, 2.24) is 25.0 Å². The first kappa shape index (κ1) is 16.5. The van der Waals surface area contributed by atoms with Gasteiger partial charge in [0, 0.05) is 25.7 Å². The highest BCUT2D eigenvalue weighted by Gasteiger charge is 2.31. The zero-order valence-corrected chi connectivity index (χ0v) is 14.6. The van der Waals surface area contributed by atoms with Gasteiger partial charge in [0.05, 0.1) is 5.25 Å². The normalized spacial score (nSPS) is 15.5. The summed E-state index contributed by atoms with van der Waals surface area (Å²) in [4.78, 5) is 25.3. The molecule has 1 aromatic carbocycles. The molecule has 1 saturated heterocycles. The average Bonchev–Trinajstić information content (AvgIpc) is 3.14. The molecule has 2 heterocycles. The summed E-state index contributed by atoms with van der Waals surface area (Å²) in [6, 6.07) is 7.63. The smallest absolute Gasteiger partial charge is 0.324 e. The van der Waals surface area contributed by atoms with Crippen molar-refractivity contribution in [3.63, 3.8) is 0 Å². The Morgan fingerprint density at radius 2 is 2.08 bits per heavy atom. The third-order valence-electron chi connectivity index (χ3n) is 3.97. The first-order valence-corrected chi connectivity index (χ1v) is 8.58. The van der Waals surface area contributed by atoms with Crippen LogP contribution in [0.15, 0.2) is 29.4 Å². The summed E-state index contributed by atoms with van der Waals surface area (Å²) in [6.45, 7) is 4.72. The highest BCUT2D eigenvalue weighted by molar-refractivity contribution is 8.00. The van der Waals surface area contributed by atoms with E-state index in [2.05, 4.69) is 15.5 Å². The van der Waals surface area contributed by atoms with E-state index in [1.54, 1.807) is 6.92 Å². The Morgan fingerprint density at radius 3 is 2.75 bits per heavy atom. The lowest BCUT2D eigenvalue weighted by molar-refractivity contribution is -0.126. The van der Waals surface area contributed by atoms with Crippen LogP contribution in [0.5, 0.6) is 0 Å². The molecular formula is C16H19N5O2S. The fourth-order valence-corrected chi connectivity index (χ4v) is 3.46. The van der Waals surface area contributed by atoms with Crippen molar-refractivity contribution in [2.24, 2.45) is 7.05 Å². The molecule has 0 radical (unpaired) electrons. The number of carbonyl (C=O) groups is 2. The van der Waals surface area contributed by atoms with E-state index in [0.717, 1.165) is 17.0 Å². The second-order valence-electron chi connectivity index (χ2n) is 5.66. The Labute approximate surface area is 144 Å². The number of aryl methyl sites for hydroxylation is 1. The molecule has 1 atom stereocenters. The number of hydrogen-bond donors (Lipinski definition) is 1. The van der Waals surface area contributed by atoms with Crippen molar-refractivity contribution >= 4 is 23.7 Å². The van der Waals surface area contributed by atoms with E-state index in [1.165, 1.54) is 16.7 Å². The molecule has 24 heavy (non-hydrogen) atoms. The summed E-state index contributed by atoms with van der Waals surface area (Å²) in [5.41, 5.74) is 2.12. The quantitative estimate of drug-likeness (QED) is 0.855. The minimum Gasteiger partial charge on any atom is -0.336 e. The molecule has 1 aromatic heterocycles. The highest BCUT2D eigenvalue weighted by Crippen LogP contribution is 2.28. The predicted molar refractivity (Wildman–Crippen MR) is 91.6 cm³/mol. The van der Waals surface area contributed by atoms with Gasteiger partial charge in [-0.05, 0) is 19.4 Å². The Bertz CT molecular complexity index is 789. The van der Waals surface area contributed by atoms with Crippen molar-refractivity contribution in [2.75, 3.05) is 13.1 Å². The second kappa shape index (κ2) is 6.64. The number of urea groups is 1. The lowest BCUT2D eigenvalue weighted by Gasteiger charge is -2.17. The van der Waals surface area contributed by atoms with E-state index in [9.17, 15) is 9.59 Å². The number of benzene rings is 1. The summed E-state index contributed by atoms with van der Waals surface area (Å²) in [5.74, 6) is 0.546. The topological polar surface area (TPSA) is 80.1 Å². The van der Waals surface area contributed by atoms with Gasteiger partial charge < -0.3 is 9.88 Å². The van der Waals surface area contributed by atoms with Crippen molar-refractivity contribution in [1.29, 1.82) is 0 Å². The molecule has 1 aliphatic heterocycles. The Kier molecular flexibility index (Phi) is 4.57. The first-order valence-electron chi connectivity index (χ1n) is 7.70. The monoisotopic (exact) mass is 345 g/mol. The molecule has 0 saturated carbocycles. The van der Waals surface area contributed by atoms with Crippen molar-refractivity contribution in [2.45, 2.75) is 24.3 Å². The third-order valence-corrected chi connectivity index (χ3v) is 5.10. The lowest BCUT2D eigenvalue weighted by Crippen LogP contribution is -2.39. The summed E-state index contributed by atoms with van der Waals surface area (Å²) in [5, 5.41) is 11.3. The molecule has 7 nitrogen and oxygen atoms in total. The molecule has 2 aromatic rings. The van der Waals surface area contributed by atoms with Gasteiger partial charge in [0.2, 0.25) is 5.91 Å². The minimum absolute atomic E-state index is 0.213. The van der Waals surface area contributed by atoms with Crippen molar-refractivity contribution < 1.29 is 9.59 Å². The maximum atomic E-state index is 12.4. The van der Waals surface area contributed by atoms with E-state index in [0.29, 0.717) is 18.2 Å². The number of nitrogens with one attached hydrogen (secondary N) is 1. The van der Waals surface area contributed by atoms with Crippen LogP contribution in [0.3, 0.4) is 0 Å². The predicted octanol–water partition coefficient (Wildman–Crippen LogP) is 1.82. The van der Waals surface area contributed by atoms with Gasteiger partial charge in [0.1, 0.15) is 0 Å². The highest BCUT2D eigenvalue weighted by atomic mass is 32.2. The molecular weight excluding hydrogens is 326 g/mol. The second-order valence-corrected chi connectivity index (χ2v) is 6.97. The number of aromatic nitrogens is 3. The SMILES string of the molecule is Cc1ccccc1-c1nnc(S[C@H](C)C(=O)N2CCNC2=O)n1C. The fourth-order valence-electron chi connectivity index (χ4n) is 2.59. The van der Waals surface area contributed by atoms with Crippen molar-refractivity contribution in [3.05, 3.63) is 29.8 Å². The number of rotatable bonds is 4. The molecule has 0 spiro atoms. The summed E-state index contributed by atoms with van der Waals surface area (Å²) < 4.78 is 1.88. The number of amides is 3. The number of thioether (sulfide) groups is 1. The van der Waals surface area contributed by atoms with E-state index in [1.807, 2.05) is 42.8 Å².